The number of hydrogen-bond acceptors (Lipinski definition) is 4. The van der Waals surface area contributed by atoms with Gasteiger partial charge in [-0.3, -0.25) is 19.9 Å². The fraction of sp³-hybridized carbons (Fsp3) is 0.600. The van der Waals surface area contributed by atoms with E-state index in [9.17, 15) is 4.79 Å². The predicted molar refractivity (Wildman–Crippen MR) is 82.9 cm³/mol. The van der Waals surface area contributed by atoms with Crippen LogP contribution in [-0.4, -0.2) is 30.9 Å². The number of hydrogen-bond donors (Lipinski definition) is 2. The van der Waals surface area contributed by atoms with Crippen LogP contribution in [0.1, 0.15) is 67.8 Å². The van der Waals surface area contributed by atoms with Crippen LogP contribution in [0, 0.1) is 6.92 Å². The lowest BCUT2D eigenvalue weighted by molar-refractivity contribution is 0.102. The van der Waals surface area contributed by atoms with Gasteiger partial charge in [0.2, 0.25) is 5.95 Å². The monoisotopic (exact) mass is 302 g/mol. The third kappa shape index (κ3) is 2.63. The fourth-order valence-electron chi connectivity index (χ4n) is 2.67. The first-order chi connectivity index (χ1) is 10.4. The van der Waals surface area contributed by atoms with Gasteiger partial charge in [-0.2, -0.15) is 10.1 Å². The highest BCUT2D eigenvalue weighted by atomic mass is 16.1. The van der Waals surface area contributed by atoms with Crippen LogP contribution in [0.2, 0.25) is 0 Å². The number of anilines is 1. The van der Waals surface area contributed by atoms with E-state index in [1.807, 2.05) is 11.6 Å². The lowest BCUT2D eigenvalue weighted by Crippen LogP contribution is -2.25. The number of carbonyl (C=O) groups is 1. The van der Waals surface area contributed by atoms with E-state index in [0.29, 0.717) is 17.4 Å². The molecule has 1 saturated carbocycles. The van der Waals surface area contributed by atoms with E-state index in [2.05, 4.69) is 46.4 Å². The molecular weight excluding hydrogens is 280 g/mol. The van der Waals surface area contributed by atoms with Gasteiger partial charge in [0.15, 0.2) is 0 Å². The molecule has 3 rings (SSSR count). The van der Waals surface area contributed by atoms with Crippen molar-refractivity contribution in [3.8, 4) is 0 Å². The summed E-state index contributed by atoms with van der Waals surface area (Å²) >= 11 is 0. The zero-order valence-corrected chi connectivity index (χ0v) is 13.5. The maximum Gasteiger partial charge on any atom is 0.261 e. The molecule has 0 bridgehead atoms. The highest BCUT2D eigenvalue weighted by Gasteiger charge is 2.25. The van der Waals surface area contributed by atoms with Crippen molar-refractivity contribution in [3.05, 3.63) is 23.3 Å². The Morgan fingerprint density at radius 1 is 1.41 bits per heavy atom. The first-order valence-corrected chi connectivity index (χ1v) is 7.65. The highest BCUT2D eigenvalue weighted by molar-refractivity contribution is 6.03. The molecule has 0 atom stereocenters. The lowest BCUT2D eigenvalue weighted by Gasteiger charge is -2.22. The standard InChI is InChI=1S/C15H22N6O/c1-9-11(8-16-21(9)15(2,3)4)13(22)18-14-17-12(19-20-14)10-6-5-7-10/h8,10H,5-7H2,1-4H3,(H2,17,18,19,20,22). The molecule has 1 aliphatic rings. The summed E-state index contributed by atoms with van der Waals surface area (Å²) in [5.41, 5.74) is 1.22. The van der Waals surface area contributed by atoms with Gasteiger partial charge in [0.1, 0.15) is 5.82 Å². The van der Waals surface area contributed by atoms with Crippen molar-refractivity contribution in [3.63, 3.8) is 0 Å². The minimum absolute atomic E-state index is 0.162. The molecule has 0 radical (unpaired) electrons. The summed E-state index contributed by atoms with van der Waals surface area (Å²) in [4.78, 5) is 16.7. The van der Waals surface area contributed by atoms with E-state index < -0.39 is 0 Å². The van der Waals surface area contributed by atoms with Crippen LogP contribution in [0.3, 0.4) is 0 Å². The van der Waals surface area contributed by atoms with Crippen LogP contribution >= 0.6 is 0 Å². The maximum atomic E-state index is 12.4. The predicted octanol–water partition coefficient (Wildman–Crippen LogP) is 2.58. The Morgan fingerprint density at radius 3 is 2.68 bits per heavy atom. The highest BCUT2D eigenvalue weighted by Crippen LogP contribution is 2.34. The van der Waals surface area contributed by atoms with Crippen LogP contribution in [-0.2, 0) is 5.54 Å². The van der Waals surface area contributed by atoms with Crippen LogP contribution < -0.4 is 5.32 Å². The number of H-pyrrole nitrogens is 1. The van der Waals surface area contributed by atoms with E-state index >= 15 is 0 Å². The largest absolute Gasteiger partial charge is 0.289 e. The number of rotatable bonds is 3. The summed E-state index contributed by atoms with van der Waals surface area (Å²) in [7, 11) is 0. The van der Waals surface area contributed by atoms with Gasteiger partial charge in [0.25, 0.3) is 5.91 Å². The Balaban J connectivity index is 1.74. The zero-order chi connectivity index (χ0) is 15.9. The average Bonchev–Trinajstić information content (AvgIpc) is 2.93. The van der Waals surface area contributed by atoms with Crippen LogP contribution in [0.5, 0.6) is 0 Å². The van der Waals surface area contributed by atoms with Crippen molar-refractivity contribution in [2.75, 3.05) is 5.32 Å². The lowest BCUT2D eigenvalue weighted by atomic mass is 9.85. The second-order valence-electron chi connectivity index (χ2n) is 6.85. The van der Waals surface area contributed by atoms with Gasteiger partial charge in [-0.1, -0.05) is 6.42 Å². The Morgan fingerprint density at radius 2 is 2.14 bits per heavy atom. The topological polar surface area (TPSA) is 88.5 Å². The van der Waals surface area contributed by atoms with Crippen LogP contribution in [0.25, 0.3) is 0 Å². The quantitative estimate of drug-likeness (QED) is 0.912. The van der Waals surface area contributed by atoms with Gasteiger partial charge in [-0.15, -0.1) is 5.10 Å². The fourth-order valence-corrected chi connectivity index (χ4v) is 2.67. The molecule has 1 fully saturated rings. The molecule has 0 aliphatic heterocycles. The summed E-state index contributed by atoms with van der Waals surface area (Å²) < 4.78 is 1.85. The number of carbonyl (C=O) groups excluding carboxylic acids is 1. The van der Waals surface area contributed by atoms with Gasteiger partial charge >= 0.3 is 0 Å². The number of nitrogens with one attached hydrogen (secondary N) is 2. The second kappa shape index (κ2) is 5.23. The normalized spacial score (nSPS) is 15.6. The van der Waals surface area contributed by atoms with Crippen molar-refractivity contribution >= 4 is 11.9 Å². The SMILES string of the molecule is Cc1c(C(=O)Nc2n[nH]c(C3CCC3)n2)cnn1C(C)(C)C. The first kappa shape index (κ1) is 14.7. The first-order valence-electron chi connectivity index (χ1n) is 7.65. The van der Waals surface area contributed by atoms with Gasteiger partial charge in [-0.05, 0) is 40.5 Å². The number of nitrogens with zero attached hydrogens (tertiary/aromatic N) is 4. The van der Waals surface area contributed by atoms with Crippen LogP contribution in [0.15, 0.2) is 6.20 Å². The molecule has 7 nitrogen and oxygen atoms in total. The van der Waals surface area contributed by atoms with Gasteiger partial charge in [0.05, 0.1) is 17.3 Å². The molecule has 1 amide bonds. The van der Waals surface area contributed by atoms with E-state index in [0.717, 1.165) is 24.4 Å². The van der Waals surface area contributed by atoms with Gasteiger partial charge in [-0.25, -0.2) is 0 Å². The Bertz CT molecular complexity index is 689. The van der Waals surface area contributed by atoms with Crippen molar-refractivity contribution in [2.24, 2.45) is 0 Å². The maximum absolute atomic E-state index is 12.4. The van der Waals surface area contributed by atoms with Crippen LogP contribution in [0.4, 0.5) is 5.95 Å². The molecule has 2 heterocycles. The molecule has 0 unspecified atom stereocenters. The van der Waals surface area contributed by atoms with E-state index in [4.69, 9.17) is 0 Å². The zero-order valence-electron chi connectivity index (χ0n) is 13.5. The molecule has 0 saturated heterocycles. The van der Waals surface area contributed by atoms with Crippen molar-refractivity contribution in [1.29, 1.82) is 0 Å². The minimum atomic E-state index is -0.229. The molecule has 2 N–H and O–H groups in total. The molecular formula is C15H22N6O. The van der Waals surface area contributed by atoms with Crippen molar-refractivity contribution in [1.82, 2.24) is 25.0 Å². The molecule has 118 valence electrons. The van der Waals surface area contributed by atoms with Gasteiger partial charge in [0, 0.05) is 11.6 Å². The third-order valence-corrected chi connectivity index (χ3v) is 4.11. The Kier molecular flexibility index (Phi) is 3.50. The number of aromatic amines is 1. The molecule has 2 aromatic rings. The molecule has 0 spiro atoms. The third-order valence-electron chi connectivity index (χ3n) is 4.11. The van der Waals surface area contributed by atoms with Gasteiger partial charge < -0.3 is 0 Å². The van der Waals surface area contributed by atoms with Crippen molar-refractivity contribution in [2.45, 2.75) is 58.4 Å². The smallest absolute Gasteiger partial charge is 0.261 e. The molecule has 1 aliphatic carbocycles. The summed E-state index contributed by atoms with van der Waals surface area (Å²) in [6, 6.07) is 0. The molecule has 7 heteroatoms. The summed E-state index contributed by atoms with van der Waals surface area (Å²) in [5.74, 6) is 1.43. The second-order valence-corrected chi connectivity index (χ2v) is 6.85. The summed E-state index contributed by atoms with van der Waals surface area (Å²) in [5, 5.41) is 14.0. The molecule has 22 heavy (non-hydrogen) atoms. The van der Waals surface area contributed by atoms with E-state index in [-0.39, 0.29) is 11.4 Å². The minimum Gasteiger partial charge on any atom is -0.289 e. The summed E-state index contributed by atoms with van der Waals surface area (Å²) in [6.07, 6.45) is 5.10. The molecule has 0 aromatic carbocycles. The van der Waals surface area contributed by atoms with E-state index in [1.54, 1.807) is 6.20 Å². The van der Waals surface area contributed by atoms with Crippen molar-refractivity contribution < 1.29 is 4.79 Å². The Labute approximate surface area is 129 Å². The molecule has 2 aromatic heterocycles. The summed E-state index contributed by atoms with van der Waals surface area (Å²) in [6.45, 7) is 8.05. The number of aromatic nitrogens is 5. The average molecular weight is 302 g/mol. The number of amides is 1. The van der Waals surface area contributed by atoms with E-state index in [1.165, 1.54) is 6.42 Å². The Hall–Kier alpha value is -2.18.